The average Bonchev–Trinajstić information content (AvgIpc) is 2.20. The summed E-state index contributed by atoms with van der Waals surface area (Å²) in [7, 11) is -11.0. The molecular weight excluding hydrogens is 296 g/mol. The fourth-order valence-corrected chi connectivity index (χ4v) is 47.4. The molecule has 0 aliphatic carbocycles. The fraction of sp³-hybridized carbons (Fsp3) is 1.00. The van der Waals surface area contributed by atoms with E-state index in [0.717, 1.165) is 0 Å². The van der Waals surface area contributed by atoms with Gasteiger partial charge in [0, 0.05) is 39.1 Å². The molecule has 0 aliphatic rings. The van der Waals surface area contributed by atoms with Gasteiger partial charge in [-0.1, -0.05) is 58.8 Å². The molecule has 116 valence electrons. The van der Waals surface area contributed by atoms with E-state index < -0.39 is 49.4 Å². The summed E-state index contributed by atoms with van der Waals surface area (Å²) in [5, 5.41) is 0. The Morgan fingerprint density at radius 1 is 0.789 bits per heavy atom. The highest BCUT2D eigenvalue weighted by Crippen LogP contribution is 2.59. The van der Waals surface area contributed by atoms with Gasteiger partial charge in [0.2, 0.25) is 0 Å². The lowest BCUT2D eigenvalue weighted by molar-refractivity contribution is 0.326. The maximum absolute atomic E-state index is 8.42. The van der Waals surface area contributed by atoms with Crippen LogP contribution in [0.5, 0.6) is 0 Å². The monoisotopic (exact) mass is 340 g/mol. The van der Waals surface area contributed by atoms with Gasteiger partial charge in [0.1, 0.15) is 0 Å². The van der Waals surface area contributed by atoms with Gasteiger partial charge in [0.25, 0.3) is 0 Å². The van der Waals surface area contributed by atoms with Crippen molar-refractivity contribution < 1.29 is 12.7 Å². The molecule has 0 aromatic heterocycles. The average molecular weight is 341 g/mol. The topological polar surface area (TPSA) is 9.23 Å². The second kappa shape index (κ2) is 5.55. The van der Waals surface area contributed by atoms with Gasteiger partial charge in [-0.05, 0) is 23.9 Å². The van der Waals surface area contributed by atoms with Crippen molar-refractivity contribution in [2.75, 3.05) is 6.61 Å². The Labute approximate surface area is 135 Å². The van der Waals surface area contributed by atoms with Gasteiger partial charge in [-0.3, -0.25) is 0 Å². The zero-order valence-corrected chi connectivity index (χ0v) is 18.6. The quantitative estimate of drug-likeness (QED) is 0.572. The van der Waals surface area contributed by atoms with Crippen LogP contribution in [0.2, 0.25) is 75.8 Å². The summed E-state index contributed by atoms with van der Waals surface area (Å²) in [6.45, 7) is 16.3. The van der Waals surface area contributed by atoms with Gasteiger partial charge in [0.15, 0.2) is 8.32 Å². The molecule has 0 saturated heterocycles. The van der Waals surface area contributed by atoms with Gasteiger partial charge < -0.3 is 4.43 Å². The highest BCUT2D eigenvalue weighted by atomic mass is 28.5. The zero-order valence-electron chi connectivity index (χ0n) is 20.6. The van der Waals surface area contributed by atoms with Crippen LogP contribution >= 0.6 is 0 Å². The molecule has 0 atom stereocenters. The van der Waals surface area contributed by atoms with Crippen LogP contribution in [0.1, 0.15) is 15.1 Å². The van der Waals surface area contributed by atoms with Crippen LogP contribution in [0, 0.1) is 0 Å². The molecule has 0 unspecified atom stereocenters. The Balaban J connectivity index is 7.57. The predicted octanol–water partition coefficient (Wildman–Crippen LogP) is 5.60. The maximum Gasteiger partial charge on any atom is 0.185 e. The molecule has 1 nitrogen and oxygen atoms in total. The van der Waals surface area contributed by atoms with Crippen LogP contribution in [0.25, 0.3) is 0 Å². The largest absolute Gasteiger partial charge is 0.418 e. The highest BCUT2D eigenvalue weighted by Gasteiger charge is 2.68. The lowest BCUT2D eigenvalue weighted by Gasteiger charge is -2.65. The third kappa shape index (κ3) is 3.20. The fourth-order valence-electron chi connectivity index (χ4n) is 5.50. The van der Waals surface area contributed by atoms with Crippen molar-refractivity contribution in [1.82, 2.24) is 0 Å². The minimum absolute atomic E-state index is 0.502. The van der Waals surface area contributed by atoms with Gasteiger partial charge in [-0.25, -0.2) is 0 Å². The minimum atomic E-state index is -3.82. The molecular formula is C14H38OSi4. The van der Waals surface area contributed by atoms with E-state index >= 15 is 0 Å². The first-order valence-corrected chi connectivity index (χ1v) is 19.6. The molecule has 0 saturated carbocycles. The number of hydrogen-bond acceptors (Lipinski definition) is 1. The lowest BCUT2D eigenvalue weighted by atomic mass is 10.9. The predicted molar refractivity (Wildman–Crippen MR) is 102 cm³/mol. The minimum Gasteiger partial charge on any atom is -0.418 e. The third-order valence-corrected chi connectivity index (χ3v) is 36.6. The Morgan fingerprint density at radius 2 is 1.16 bits per heavy atom. The first-order chi connectivity index (χ1) is 10.6. The molecule has 0 radical (unpaired) electrons. The van der Waals surface area contributed by atoms with Gasteiger partial charge >= 0.3 is 0 Å². The Bertz CT molecular complexity index is 446. The Morgan fingerprint density at radius 3 is 1.37 bits per heavy atom. The van der Waals surface area contributed by atoms with E-state index in [1.165, 1.54) is 0 Å². The molecule has 0 fully saturated rings. The van der Waals surface area contributed by atoms with Crippen molar-refractivity contribution >= 4 is 32.5 Å². The summed E-state index contributed by atoms with van der Waals surface area (Å²) in [6, 6.07) is 0. The van der Waals surface area contributed by atoms with E-state index in [-0.39, 0.29) is 0 Å². The number of hydrogen-bond donors (Lipinski definition) is 0. The molecule has 0 N–H and O–H groups in total. The van der Waals surface area contributed by atoms with Crippen LogP contribution in [0.3, 0.4) is 0 Å². The molecule has 0 rings (SSSR count). The molecule has 0 amide bonds. The van der Waals surface area contributed by atoms with E-state index in [1.807, 2.05) is 6.92 Å². The standard InChI is InChI=1S/C14H38OSi4/c1-13-15-19(11,12)14(16(2,3)4,17(5,6)7)18(8,9)10/h13H2,1-12H3/i2D3,3D3. The van der Waals surface area contributed by atoms with Crippen molar-refractivity contribution in [3.63, 3.8) is 0 Å². The van der Waals surface area contributed by atoms with E-state index in [1.54, 1.807) is 6.55 Å². The van der Waals surface area contributed by atoms with Crippen molar-refractivity contribution in [2.24, 2.45) is 0 Å². The normalized spacial score (nSPS) is 21.8. The van der Waals surface area contributed by atoms with Crippen LogP contribution in [-0.2, 0) is 4.43 Å². The molecule has 0 aliphatic heterocycles. The van der Waals surface area contributed by atoms with Crippen molar-refractivity contribution in [3.8, 4) is 0 Å². The van der Waals surface area contributed by atoms with Crippen molar-refractivity contribution in [2.45, 2.75) is 82.7 Å². The molecule has 5 heteroatoms. The van der Waals surface area contributed by atoms with E-state index in [0.29, 0.717) is 6.61 Å². The first kappa shape index (κ1) is 11.4. The summed E-state index contributed by atoms with van der Waals surface area (Å²) >= 11 is 0. The SMILES string of the molecule is [2H]C([2H])([2H])[Si](C)(C([2H])([2H])[2H])C([Si](C)(C)C)([Si](C)(C)C)[Si](C)(C)OCC. The second-order valence-electron chi connectivity index (χ2n) is 8.32. The van der Waals surface area contributed by atoms with Gasteiger partial charge in [-0.15, -0.1) is 0 Å². The maximum atomic E-state index is 8.42. The summed E-state index contributed by atoms with van der Waals surface area (Å²) < 4.78 is 56.2. The molecule has 0 aromatic carbocycles. The number of rotatable bonds is 6. The van der Waals surface area contributed by atoms with Crippen LogP contribution < -0.4 is 0 Å². The summed E-state index contributed by atoms with van der Waals surface area (Å²) in [5.41, 5.74) is 0. The smallest absolute Gasteiger partial charge is 0.185 e. The molecule has 0 aromatic rings. The summed E-state index contributed by atoms with van der Waals surface area (Å²) in [5.74, 6) is 0. The van der Waals surface area contributed by atoms with E-state index in [2.05, 4.69) is 52.4 Å². The Hall–Kier alpha value is 0.828. The van der Waals surface area contributed by atoms with Crippen molar-refractivity contribution in [1.29, 1.82) is 0 Å². The summed E-state index contributed by atoms with van der Waals surface area (Å²) in [6.07, 6.45) is 0. The molecule has 19 heavy (non-hydrogen) atoms. The second-order valence-corrected chi connectivity index (χ2v) is 28.9. The van der Waals surface area contributed by atoms with E-state index in [4.69, 9.17) is 12.7 Å². The molecule has 0 spiro atoms. The lowest BCUT2D eigenvalue weighted by Crippen LogP contribution is -2.76. The zero-order chi connectivity index (χ0) is 20.9. The van der Waals surface area contributed by atoms with Crippen LogP contribution in [0.15, 0.2) is 0 Å². The first-order valence-electron chi connectivity index (χ1n) is 10.2. The van der Waals surface area contributed by atoms with Crippen molar-refractivity contribution in [3.05, 3.63) is 0 Å². The van der Waals surface area contributed by atoms with Crippen LogP contribution in [-0.4, -0.2) is 39.1 Å². The van der Waals surface area contributed by atoms with Gasteiger partial charge in [0.05, 0.1) is 0 Å². The van der Waals surface area contributed by atoms with E-state index in [9.17, 15) is 0 Å². The van der Waals surface area contributed by atoms with Crippen LogP contribution in [0.4, 0.5) is 0 Å². The molecule has 0 heterocycles. The van der Waals surface area contributed by atoms with Gasteiger partial charge in [-0.2, -0.15) is 0 Å². The summed E-state index contributed by atoms with van der Waals surface area (Å²) in [4.78, 5) is 0. The molecule has 0 bridgehead atoms. The third-order valence-electron chi connectivity index (χ3n) is 4.41. The highest BCUT2D eigenvalue weighted by molar-refractivity contribution is 7.28. The Kier molecular flexibility index (Phi) is 3.33.